The number of likely N-dealkylation sites (tertiary alicyclic amines) is 1. The van der Waals surface area contributed by atoms with E-state index in [2.05, 4.69) is 22.0 Å². The van der Waals surface area contributed by atoms with E-state index in [4.69, 9.17) is 16.1 Å². The molecule has 1 N–H and O–H groups in total. The fourth-order valence-corrected chi connectivity index (χ4v) is 4.86. The molecule has 1 amide bonds. The number of nitrogens with zero attached hydrogens (tertiary/aromatic N) is 3. The summed E-state index contributed by atoms with van der Waals surface area (Å²) in [4.78, 5) is 34.8. The molecule has 0 spiro atoms. The van der Waals surface area contributed by atoms with Crippen molar-refractivity contribution in [2.24, 2.45) is 0 Å². The molecule has 1 fully saturated rings. The fourth-order valence-electron chi connectivity index (χ4n) is 4.71. The molecule has 144 valence electrons. The van der Waals surface area contributed by atoms with Crippen molar-refractivity contribution in [3.63, 3.8) is 0 Å². The average Bonchev–Trinajstić information content (AvgIpc) is 3.04. The normalized spacial score (nSPS) is 24.4. The van der Waals surface area contributed by atoms with Crippen LogP contribution in [0.15, 0.2) is 15.4 Å². The van der Waals surface area contributed by atoms with E-state index < -0.39 is 0 Å². The van der Waals surface area contributed by atoms with Crippen LogP contribution in [0.5, 0.6) is 0 Å². The van der Waals surface area contributed by atoms with Gasteiger partial charge < -0.3 is 14.4 Å². The molecule has 3 heterocycles. The zero-order chi connectivity index (χ0) is 19.2. The highest BCUT2D eigenvalue weighted by molar-refractivity contribution is 6.29. The number of hydrogen-bond acceptors (Lipinski definition) is 5. The van der Waals surface area contributed by atoms with E-state index in [1.54, 1.807) is 6.07 Å². The number of hydrogen-bond donors (Lipinski definition) is 1. The Kier molecular flexibility index (Phi) is 4.58. The van der Waals surface area contributed by atoms with Gasteiger partial charge in [-0.2, -0.15) is 0 Å². The van der Waals surface area contributed by atoms with Gasteiger partial charge in [0.2, 0.25) is 5.91 Å². The average molecular weight is 391 g/mol. The standard InChI is InChI=1S/C19H23ClN4O3/c1-11-21-17-13(18(26)22-11)5-6-14-19(17,2)8-3-9-24(14)16(25)7-4-12-10-15(20)23-27-12/h10,14H,3-9H2,1-2H3,(H,21,22,26)/t14?,19-/m1/s1. The maximum absolute atomic E-state index is 13.0. The number of carbonyl (C=O) groups excluding carboxylic acids is 1. The van der Waals surface area contributed by atoms with Crippen molar-refractivity contribution < 1.29 is 9.32 Å². The number of H-pyrrole nitrogens is 1. The number of aromatic nitrogens is 3. The Hall–Kier alpha value is -2.15. The van der Waals surface area contributed by atoms with Crippen molar-refractivity contribution in [3.8, 4) is 0 Å². The second-order valence-electron chi connectivity index (χ2n) is 7.76. The van der Waals surface area contributed by atoms with Gasteiger partial charge in [-0.25, -0.2) is 4.98 Å². The monoisotopic (exact) mass is 390 g/mol. The van der Waals surface area contributed by atoms with Gasteiger partial charge in [0.15, 0.2) is 5.15 Å². The highest BCUT2D eigenvalue weighted by atomic mass is 35.5. The Bertz CT molecular complexity index is 937. The first-order valence-electron chi connectivity index (χ1n) is 9.39. The molecular formula is C19H23ClN4O3. The Balaban J connectivity index is 1.58. The summed E-state index contributed by atoms with van der Waals surface area (Å²) in [7, 11) is 0. The molecule has 2 aliphatic rings. The van der Waals surface area contributed by atoms with Gasteiger partial charge in [0, 0.05) is 42.5 Å². The maximum atomic E-state index is 13.0. The largest absolute Gasteiger partial charge is 0.360 e. The first-order chi connectivity index (χ1) is 12.9. The first kappa shape index (κ1) is 18.2. The van der Waals surface area contributed by atoms with Gasteiger partial charge in [0.05, 0.1) is 5.69 Å². The minimum absolute atomic E-state index is 0.0391. The molecule has 0 saturated carbocycles. The number of rotatable bonds is 3. The van der Waals surface area contributed by atoms with E-state index in [0.29, 0.717) is 36.0 Å². The Morgan fingerprint density at radius 2 is 2.33 bits per heavy atom. The van der Waals surface area contributed by atoms with E-state index in [-0.39, 0.29) is 22.9 Å². The summed E-state index contributed by atoms with van der Waals surface area (Å²) in [6.07, 6.45) is 4.11. The molecule has 0 bridgehead atoms. The van der Waals surface area contributed by atoms with Gasteiger partial charge in [-0.05, 0) is 32.6 Å². The molecule has 1 aliphatic carbocycles. The van der Waals surface area contributed by atoms with Crippen LogP contribution < -0.4 is 5.56 Å². The third-order valence-electron chi connectivity index (χ3n) is 5.99. The van der Waals surface area contributed by atoms with E-state index in [0.717, 1.165) is 37.1 Å². The predicted octanol–water partition coefficient (Wildman–Crippen LogP) is 2.55. The van der Waals surface area contributed by atoms with Gasteiger partial charge in [0.1, 0.15) is 11.6 Å². The third-order valence-corrected chi connectivity index (χ3v) is 6.16. The zero-order valence-electron chi connectivity index (χ0n) is 15.5. The lowest BCUT2D eigenvalue weighted by molar-refractivity contribution is -0.137. The smallest absolute Gasteiger partial charge is 0.254 e. The number of aryl methyl sites for hydroxylation is 2. The van der Waals surface area contributed by atoms with Crippen LogP contribution in [0.2, 0.25) is 5.15 Å². The number of aromatic amines is 1. The van der Waals surface area contributed by atoms with Gasteiger partial charge in [-0.15, -0.1) is 0 Å². The highest BCUT2D eigenvalue weighted by Crippen LogP contribution is 2.44. The molecule has 0 aromatic carbocycles. The molecule has 2 atom stereocenters. The molecule has 8 heteroatoms. The predicted molar refractivity (Wildman–Crippen MR) is 99.8 cm³/mol. The highest BCUT2D eigenvalue weighted by Gasteiger charge is 2.48. The molecular weight excluding hydrogens is 368 g/mol. The lowest BCUT2D eigenvalue weighted by Crippen LogP contribution is -2.58. The maximum Gasteiger partial charge on any atom is 0.254 e. The second kappa shape index (κ2) is 6.78. The summed E-state index contributed by atoms with van der Waals surface area (Å²) in [5.41, 5.74) is 1.34. The van der Waals surface area contributed by atoms with Gasteiger partial charge in [0.25, 0.3) is 5.56 Å². The van der Waals surface area contributed by atoms with E-state index >= 15 is 0 Å². The molecule has 4 rings (SSSR count). The minimum atomic E-state index is -0.282. The van der Waals surface area contributed by atoms with Crippen LogP contribution in [0.1, 0.15) is 55.4 Å². The molecule has 1 aliphatic heterocycles. The summed E-state index contributed by atoms with van der Waals surface area (Å²) >= 11 is 5.77. The van der Waals surface area contributed by atoms with Crippen molar-refractivity contribution in [3.05, 3.63) is 44.4 Å². The van der Waals surface area contributed by atoms with Crippen molar-refractivity contribution in [2.45, 2.75) is 63.8 Å². The first-order valence-corrected chi connectivity index (χ1v) is 9.77. The van der Waals surface area contributed by atoms with Gasteiger partial charge in [-0.3, -0.25) is 9.59 Å². The number of amides is 1. The van der Waals surface area contributed by atoms with Crippen molar-refractivity contribution in [1.29, 1.82) is 0 Å². The van der Waals surface area contributed by atoms with Crippen LogP contribution in [0, 0.1) is 6.92 Å². The van der Waals surface area contributed by atoms with E-state index in [1.807, 2.05) is 11.8 Å². The number of carbonyl (C=O) groups is 1. The quantitative estimate of drug-likeness (QED) is 0.869. The van der Waals surface area contributed by atoms with Crippen LogP contribution in [-0.4, -0.2) is 38.5 Å². The lowest BCUT2D eigenvalue weighted by Gasteiger charge is -2.51. The second-order valence-corrected chi connectivity index (χ2v) is 8.14. The van der Waals surface area contributed by atoms with Crippen LogP contribution in [0.3, 0.4) is 0 Å². The van der Waals surface area contributed by atoms with Gasteiger partial charge in [-0.1, -0.05) is 23.7 Å². The molecule has 2 aromatic rings. The topological polar surface area (TPSA) is 92.1 Å². The number of fused-ring (bicyclic) bond motifs is 3. The minimum Gasteiger partial charge on any atom is -0.360 e. The number of nitrogens with one attached hydrogen (secondary N) is 1. The molecule has 2 aromatic heterocycles. The van der Waals surface area contributed by atoms with Crippen molar-refractivity contribution >= 4 is 17.5 Å². The summed E-state index contributed by atoms with van der Waals surface area (Å²) in [5.74, 6) is 1.35. The SMILES string of the molecule is Cc1nc2c(c(=O)[nH]1)CCC1N(C(=O)CCc3cc(Cl)no3)CCC[C@@]21C. The van der Waals surface area contributed by atoms with Gasteiger partial charge >= 0.3 is 0 Å². The van der Waals surface area contributed by atoms with Crippen LogP contribution in [0.25, 0.3) is 0 Å². The Morgan fingerprint density at radius 1 is 1.52 bits per heavy atom. The number of halogens is 1. The third kappa shape index (κ3) is 3.18. The van der Waals surface area contributed by atoms with Crippen molar-refractivity contribution in [2.75, 3.05) is 6.54 Å². The van der Waals surface area contributed by atoms with E-state index in [1.165, 1.54) is 0 Å². The summed E-state index contributed by atoms with van der Waals surface area (Å²) in [5, 5.41) is 3.95. The fraction of sp³-hybridized carbons (Fsp3) is 0.579. The van der Waals surface area contributed by atoms with Crippen molar-refractivity contribution in [1.82, 2.24) is 20.0 Å². The molecule has 0 radical (unpaired) electrons. The van der Waals surface area contributed by atoms with Crippen LogP contribution in [0.4, 0.5) is 0 Å². The Morgan fingerprint density at radius 3 is 3.07 bits per heavy atom. The summed E-state index contributed by atoms with van der Waals surface area (Å²) in [6, 6.07) is 1.71. The molecule has 7 nitrogen and oxygen atoms in total. The van der Waals surface area contributed by atoms with Crippen LogP contribution in [-0.2, 0) is 23.1 Å². The zero-order valence-corrected chi connectivity index (χ0v) is 16.3. The summed E-state index contributed by atoms with van der Waals surface area (Å²) in [6.45, 7) is 4.70. The van der Waals surface area contributed by atoms with Crippen LogP contribution >= 0.6 is 11.6 Å². The molecule has 1 unspecified atom stereocenters. The number of piperidine rings is 1. The molecule has 1 saturated heterocycles. The summed E-state index contributed by atoms with van der Waals surface area (Å²) < 4.78 is 5.10. The molecule has 27 heavy (non-hydrogen) atoms. The Labute approximate surface area is 162 Å². The van der Waals surface area contributed by atoms with E-state index in [9.17, 15) is 9.59 Å². The lowest BCUT2D eigenvalue weighted by atomic mass is 9.65.